The highest BCUT2D eigenvalue weighted by molar-refractivity contribution is 7.25. The monoisotopic (exact) mass is 455 g/mol. The van der Waals surface area contributed by atoms with Gasteiger partial charge in [-0.05, 0) is 88.6 Å². The maximum absolute atomic E-state index is 3.80. The molecular formula is C31H37NS. The van der Waals surface area contributed by atoms with E-state index in [4.69, 9.17) is 0 Å². The third-order valence-corrected chi connectivity index (χ3v) is 8.92. The molecule has 0 unspecified atom stereocenters. The summed E-state index contributed by atoms with van der Waals surface area (Å²) in [5, 5.41) is 6.58. The van der Waals surface area contributed by atoms with Gasteiger partial charge in [0.15, 0.2) is 0 Å². The number of anilines is 2. The van der Waals surface area contributed by atoms with Gasteiger partial charge >= 0.3 is 0 Å². The number of benzene rings is 3. The molecule has 0 saturated heterocycles. The molecule has 1 aliphatic carbocycles. The van der Waals surface area contributed by atoms with Crippen molar-refractivity contribution in [3.05, 3.63) is 70.8 Å². The van der Waals surface area contributed by atoms with Crippen LogP contribution in [0.1, 0.15) is 83.6 Å². The van der Waals surface area contributed by atoms with Gasteiger partial charge < -0.3 is 5.32 Å². The fourth-order valence-corrected chi connectivity index (χ4v) is 6.65. The molecule has 2 heteroatoms. The molecule has 0 spiro atoms. The summed E-state index contributed by atoms with van der Waals surface area (Å²) in [6, 6.07) is 18.5. The summed E-state index contributed by atoms with van der Waals surface area (Å²) >= 11 is 1.90. The molecule has 0 fully saturated rings. The lowest BCUT2D eigenvalue weighted by Crippen LogP contribution is -2.34. The minimum atomic E-state index is 0.115. The van der Waals surface area contributed by atoms with Gasteiger partial charge in [0.2, 0.25) is 0 Å². The molecule has 0 radical (unpaired) electrons. The smallest absolute Gasteiger partial charge is 0.0417 e. The molecule has 0 saturated carbocycles. The van der Waals surface area contributed by atoms with E-state index < -0.39 is 0 Å². The molecule has 0 atom stereocenters. The first-order chi connectivity index (χ1) is 15.4. The van der Waals surface area contributed by atoms with Crippen molar-refractivity contribution in [2.75, 3.05) is 5.32 Å². The maximum atomic E-state index is 3.80. The van der Waals surface area contributed by atoms with Crippen molar-refractivity contribution in [1.82, 2.24) is 0 Å². The molecule has 1 nitrogen and oxygen atoms in total. The number of rotatable bonds is 2. The van der Waals surface area contributed by atoms with Crippen LogP contribution in [0.25, 0.3) is 20.2 Å². The zero-order valence-electron chi connectivity index (χ0n) is 21.4. The Labute approximate surface area is 203 Å². The van der Waals surface area contributed by atoms with Gasteiger partial charge in [-0.1, -0.05) is 66.7 Å². The van der Waals surface area contributed by atoms with E-state index in [9.17, 15) is 0 Å². The summed E-state index contributed by atoms with van der Waals surface area (Å²) in [4.78, 5) is 0. The number of nitrogens with one attached hydrogen (secondary N) is 1. The van der Waals surface area contributed by atoms with Crippen molar-refractivity contribution >= 4 is 42.9 Å². The van der Waals surface area contributed by atoms with E-state index in [0.717, 1.165) is 0 Å². The summed E-state index contributed by atoms with van der Waals surface area (Å²) in [6.45, 7) is 18.8. The number of thiophene rings is 1. The molecule has 33 heavy (non-hydrogen) atoms. The van der Waals surface area contributed by atoms with Crippen LogP contribution in [0.2, 0.25) is 0 Å². The third kappa shape index (κ3) is 3.77. The Kier molecular flexibility index (Phi) is 5.00. The molecular weight excluding hydrogens is 418 g/mol. The molecule has 0 amide bonds. The van der Waals surface area contributed by atoms with Gasteiger partial charge in [0.1, 0.15) is 0 Å². The van der Waals surface area contributed by atoms with E-state index in [1.807, 2.05) is 11.3 Å². The van der Waals surface area contributed by atoms with Crippen LogP contribution >= 0.6 is 11.3 Å². The summed E-state index contributed by atoms with van der Waals surface area (Å²) in [6.07, 6.45) is 2.48. The van der Waals surface area contributed by atoms with Crippen molar-refractivity contribution < 1.29 is 0 Å². The number of aryl methyl sites for hydroxylation is 1. The van der Waals surface area contributed by atoms with Gasteiger partial charge in [0.05, 0.1) is 0 Å². The minimum absolute atomic E-state index is 0.115. The predicted molar refractivity (Wildman–Crippen MR) is 148 cm³/mol. The molecule has 1 N–H and O–H groups in total. The zero-order valence-corrected chi connectivity index (χ0v) is 22.3. The van der Waals surface area contributed by atoms with Gasteiger partial charge in [-0.25, -0.2) is 0 Å². The number of hydrogen-bond donors (Lipinski definition) is 1. The largest absolute Gasteiger partial charge is 0.355 e. The average molecular weight is 456 g/mol. The highest BCUT2D eigenvalue weighted by Gasteiger charge is 2.37. The van der Waals surface area contributed by atoms with Crippen LogP contribution < -0.4 is 5.32 Å². The van der Waals surface area contributed by atoms with Crippen molar-refractivity contribution in [2.24, 2.45) is 0 Å². The molecule has 0 bridgehead atoms. The Hall–Kier alpha value is -2.32. The van der Waals surface area contributed by atoms with Gasteiger partial charge in [0.25, 0.3) is 0 Å². The fraction of sp³-hybridized carbons (Fsp3) is 0.419. The third-order valence-electron chi connectivity index (χ3n) is 7.78. The molecule has 1 heterocycles. The molecule has 4 aromatic rings. The summed E-state index contributed by atoms with van der Waals surface area (Å²) in [5.74, 6) is 0. The second-order valence-electron chi connectivity index (χ2n) is 12.3. The molecule has 5 rings (SSSR count). The lowest BCUT2D eigenvalue weighted by molar-refractivity contribution is 0.332. The molecule has 0 aliphatic heterocycles. The van der Waals surface area contributed by atoms with E-state index in [2.05, 4.69) is 109 Å². The summed E-state index contributed by atoms with van der Waals surface area (Å²) < 4.78 is 2.74. The second kappa shape index (κ2) is 7.34. The van der Waals surface area contributed by atoms with E-state index in [-0.39, 0.29) is 16.2 Å². The van der Waals surface area contributed by atoms with Gasteiger partial charge in [0, 0.05) is 31.5 Å². The normalized spacial score (nSPS) is 17.3. The first-order valence-corrected chi connectivity index (χ1v) is 13.1. The van der Waals surface area contributed by atoms with Crippen molar-refractivity contribution in [3.8, 4) is 0 Å². The van der Waals surface area contributed by atoms with E-state index in [1.54, 1.807) is 0 Å². The van der Waals surface area contributed by atoms with Crippen LogP contribution in [0.5, 0.6) is 0 Å². The molecule has 1 aromatic heterocycles. The lowest BCUT2D eigenvalue weighted by atomic mass is 9.63. The fourth-order valence-electron chi connectivity index (χ4n) is 5.54. The van der Waals surface area contributed by atoms with Crippen molar-refractivity contribution in [2.45, 2.75) is 84.5 Å². The van der Waals surface area contributed by atoms with Gasteiger partial charge in [-0.2, -0.15) is 0 Å². The van der Waals surface area contributed by atoms with E-state index >= 15 is 0 Å². The number of fused-ring (bicyclic) bond motifs is 4. The number of hydrogen-bond acceptors (Lipinski definition) is 2. The van der Waals surface area contributed by atoms with Crippen LogP contribution in [-0.4, -0.2) is 0 Å². The van der Waals surface area contributed by atoms with Crippen LogP contribution in [-0.2, 0) is 16.2 Å². The van der Waals surface area contributed by atoms with Crippen LogP contribution in [0.15, 0.2) is 48.5 Å². The molecule has 3 aromatic carbocycles. The Morgan fingerprint density at radius 2 is 1.48 bits per heavy atom. The van der Waals surface area contributed by atoms with Crippen molar-refractivity contribution in [1.29, 1.82) is 0 Å². The van der Waals surface area contributed by atoms with Gasteiger partial charge in [-0.15, -0.1) is 11.3 Å². The first kappa shape index (κ1) is 22.5. The SMILES string of the molecule is Cc1cc2c(cc1Nc1ccc3sc4cccc(C(C)(C)C)c4c3c1)C(C)(C)CCC2(C)C. The first-order valence-electron chi connectivity index (χ1n) is 12.3. The van der Waals surface area contributed by atoms with Gasteiger partial charge in [-0.3, -0.25) is 0 Å². The van der Waals surface area contributed by atoms with Crippen LogP contribution in [0.3, 0.4) is 0 Å². The standard InChI is InChI=1S/C31H37NS/c1-19-16-23-24(31(7,8)15-14-30(23,5)6)18-25(19)32-20-12-13-26-21(17-20)28-22(29(2,3)4)10-9-11-27(28)33-26/h9-13,16-18,32H,14-15H2,1-8H3. The average Bonchev–Trinajstić information content (AvgIpc) is 3.10. The lowest BCUT2D eigenvalue weighted by Gasteiger charge is -2.42. The topological polar surface area (TPSA) is 12.0 Å². The highest BCUT2D eigenvalue weighted by atomic mass is 32.1. The molecule has 1 aliphatic rings. The summed E-state index contributed by atoms with van der Waals surface area (Å²) in [5.41, 5.74) is 8.75. The predicted octanol–water partition coefficient (Wildman–Crippen LogP) is 9.75. The second-order valence-corrected chi connectivity index (χ2v) is 13.4. The van der Waals surface area contributed by atoms with Crippen LogP contribution in [0, 0.1) is 6.92 Å². The minimum Gasteiger partial charge on any atom is -0.355 e. The van der Waals surface area contributed by atoms with E-state index in [1.165, 1.54) is 66.6 Å². The zero-order chi connectivity index (χ0) is 23.8. The van der Waals surface area contributed by atoms with E-state index in [0.29, 0.717) is 0 Å². The van der Waals surface area contributed by atoms with Crippen molar-refractivity contribution in [3.63, 3.8) is 0 Å². The Morgan fingerprint density at radius 1 is 0.818 bits per heavy atom. The van der Waals surface area contributed by atoms with Crippen LogP contribution in [0.4, 0.5) is 11.4 Å². The maximum Gasteiger partial charge on any atom is 0.0417 e. The molecule has 172 valence electrons. The highest BCUT2D eigenvalue weighted by Crippen LogP contribution is 2.48. The Bertz CT molecular complexity index is 1380. The Morgan fingerprint density at radius 3 is 2.15 bits per heavy atom. The Balaban J connectivity index is 1.62. The quantitative estimate of drug-likeness (QED) is 0.317. The summed E-state index contributed by atoms with van der Waals surface area (Å²) in [7, 11) is 0.